The molecule has 0 aromatic heterocycles. The van der Waals surface area contributed by atoms with Crippen LogP contribution in [-0.2, 0) is 4.74 Å². The second kappa shape index (κ2) is 9.90. The Morgan fingerprint density at radius 1 is 1.00 bits per heavy atom. The number of hydrogen-bond acceptors (Lipinski definition) is 2. The van der Waals surface area contributed by atoms with E-state index in [2.05, 4.69) is 19.2 Å². The highest BCUT2D eigenvalue weighted by molar-refractivity contribution is 4.80. The number of hydrogen-bond donors (Lipinski definition) is 1. The van der Waals surface area contributed by atoms with Crippen molar-refractivity contribution in [1.29, 1.82) is 0 Å². The first-order valence-electron chi connectivity index (χ1n) is 7.71. The quantitative estimate of drug-likeness (QED) is 0.586. The Labute approximate surface area is 108 Å². The van der Waals surface area contributed by atoms with E-state index in [9.17, 15) is 0 Å². The van der Waals surface area contributed by atoms with Crippen molar-refractivity contribution in [1.82, 2.24) is 5.32 Å². The van der Waals surface area contributed by atoms with Gasteiger partial charge in [-0.2, -0.15) is 0 Å². The van der Waals surface area contributed by atoms with E-state index in [1.54, 1.807) is 0 Å². The van der Waals surface area contributed by atoms with E-state index in [1.165, 1.54) is 57.8 Å². The van der Waals surface area contributed by atoms with Crippen molar-refractivity contribution in [3.8, 4) is 0 Å². The predicted octanol–water partition coefficient (Wildman–Crippen LogP) is 3.89. The number of rotatable bonds is 10. The third-order valence-corrected chi connectivity index (χ3v) is 3.73. The van der Waals surface area contributed by atoms with Gasteiger partial charge >= 0.3 is 0 Å². The predicted molar refractivity (Wildman–Crippen MR) is 74.4 cm³/mol. The van der Waals surface area contributed by atoms with Crippen LogP contribution < -0.4 is 5.32 Å². The molecule has 17 heavy (non-hydrogen) atoms. The van der Waals surface area contributed by atoms with Crippen molar-refractivity contribution < 1.29 is 4.74 Å². The molecule has 1 rings (SSSR count). The van der Waals surface area contributed by atoms with E-state index in [-0.39, 0.29) is 0 Å². The summed E-state index contributed by atoms with van der Waals surface area (Å²) in [6, 6.07) is 0.717. The van der Waals surface area contributed by atoms with E-state index >= 15 is 0 Å². The fourth-order valence-corrected chi connectivity index (χ4v) is 2.70. The van der Waals surface area contributed by atoms with Gasteiger partial charge in [0, 0.05) is 12.6 Å². The van der Waals surface area contributed by atoms with Crippen LogP contribution >= 0.6 is 0 Å². The first kappa shape index (κ1) is 15.0. The molecule has 1 aliphatic carbocycles. The Morgan fingerprint density at radius 2 is 1.76 bits per heavy atom. The summed E-state index contributed by atoms with van der Waals surface area (Å²) in [7, 11) is 0. The number of nitrogens with one attached hydrogen (secondary N) is 1. The SMILES string of the molecule is CCCCCCCCOC1CCC(NCC)C1. The molecule has 0 aromatic carbocycles. The molecule has 0 saturated heterocycles. The topological polar surface area (TPSA) is 21.3 Å². The molecular formula is C15H31NO. The van der Waals surface area contributed by atoms with Gasteiger partial charge in [-0.15, -0.1) is 0 Å². The molecule has 0 radical (unpaired) electrons. The maximum atomic E-state index is 5.95. The van der Waals surface area contributed by atoms with Crippen molar-refractivity contribution in [2.45, 2.75) is 83.8 Å². The summed E-state index contributed by atoms with van der Waals surface area (Å²) >= 11 is 0. The Morgan fingerprint density at radius 3 is 2.53 bits per heavy atom. The summed E-state index contributed by atoms with van der Waals surface area (Å²) < 4.78 is 5.95. The second-order valence-corrected chi connectivity index (χ2v) is 5.33. The van der Waals surface area contributed by atoms with Gasteiger partial charge in [0.1, 0.15) is 0 Å². The van der Waals surface area contributed by atoms with Crippen LogP contribution in [0.3, 0.4) is 0 Å². The van der Waals surface area contributed by atoms with Crippen LogP contribution in [0.4, 0.5) is 0 Å². The molecule has 0 spiro atoms. The zero-order valence-corrected chi connectivity index (χ0v) is 11.8. The van der Waals surface area contributed by atoms with Gasteiger partial charge in [0.15, 0.2) is 0 Å². The largest absolute Gasteiger partial charge is 0.378 e. The third kappa shape index (κ3) is 7.05. The lowest BCUT2D eigenvalue weighted by Crippen LogP contribution is -2.26. The van der Waals surface area contributed by atoms with Crippen molar-refractivity contribution in [2.24, 2.45) is 0 Å². The van der Waals surface area contributed by atoms with E-state index in [4.69, 9.17) is 4.74 Å². The molecule has 1 fully saturated rings. The molecule has 102 valence electrons. The van der Waals surface area contributed by atoms with Gasteiger partial charge in [0.05, 0.1) is 6.10 Å². The molecule has 1 saturated carbocycles. The molecule has 2 atom stereocenters. The molecule has 2 unspecified atom stereocenters. The Bertz CT molecular complexity index is 172. The molecule has 1 aliphatic rings. The minimum atomic E-state index is 0.537. The molecule has 2 nitrogen and oxygen atoms in total. The van der Waals surface area contributed by atoms with Crippen molar-refractivity contribution >= 4 is 0 Å². The summed E-state index contributed by atoms with van der Waals surface area (Å²) in [4.78, 5) is 0. The van der Waals surface area contributed by atoms with Crippen molar-refractivity contribution in [3.05, 3.63) is 0 Å². The van der Waals surface area contributed by atoms with Gasteiger partial charge in [0.2, 0.25) is 0 Å². The highest BCUT2D eigenvalue weighted by atomic mass is 16.5. The maximum Gasteiger partial charge on any atom is 0.0590 e. The number of ether oxygens (including phenoxy) is 1. The van der Waals surface area contributed by atoms with Gasteiger partial charge in [-0.1, -0.05) is 46.0 Å². The van der Waals surface area contributed by atoms with E-state index in [0.717, 1.165) is 19.2 Å². The summed E-state index contributed by atoms with van der Waals surface area (Å²) in [6.07, 6.45) is 12.5. The fraction of sp³-hybridized carbons (Fsp3) is 1.00. The van der Waals surface area contributed by atoms with E-state index in [1.807, 2.05) is 0 Å². The fourth-order valence-electron chi connectivity index (χ4n) is 2.70. The van der Waals surface area contributed by atoms with Gasteiger partial charge < -0.3 is 10.1 Å². The van der Waals surface area contributed by atoms with Crippen LogP contribution in [0.15, 0.2) is 0 Å². The standard InChI is InChI=1S/C15H31NO/c1-3-5-6-7-8-9-12-17-15-11-10-14(13-15)16-4-2/h14-16H,3-13H2,1-2H3. The van der Waals surface area contributed by atoms with Gasteiger partial charge in [-0.05, 0) is 32.2 Å². The van der Waals surface area contributed by atoms with Crippen LogP contribution in [0.1, 0.15) is 71.6 Å². The molecule has 0 heterocycles. The van der Waals surface area contributed by atoms with Crippen LogP contribution in [-0.4, -0.2) is 25.3 Å². The van der Waals surface area contributed by atoms with E-state index < -0.39 is 0 Å². The zero-order chi connectivity index (χ0) is 12.3. The van der Waals surface area contributed by atoms with Crippen LogP contribution in [0, 0.1) is 0 Å². The maximum absolute atomic E-state index is 5.95. The van der Waals surface area contributed by atoms with Crippen LogP contribution in [0.25, 0.3) is 0 Å². The third-order valence-electron chi connectivity index (χ3n) is 3.73. The molecule has 0 amide bonds. The first-order chi connectivity index (χ1) is 8.36. The zero-order valence-electron chi connectivity index (χ0n) is 11.8. The summed E-state index contributed by atoms with van der Waals surface area (Å²) in [5.74, 6) is 0. The lowest BCUT2D eigenvalue weighted by molar-refractivity contribution is 0.0540. The van der Waals surface area contributed by atoms with Crippen LogP contribution in [0.5, 0.6) is 0 Å². The first-order valence-corrected chi connectivity index (χ1v) is 7.71. The minimum Gasteiger partial charge on any atom is -0.378 e. The lowest BCUT2D eigenvalue weighted by atomic mass is 10.1. The molecule has 0 bridgehead atoms. The molecule has 0 aliphatic heterocycles. The Kier molecular flexibility index (Phi) is 8.72. The van der Waals surface area contributed by atoms with Crippen LogP contribution in [0.2, 0.25) is 0 Å². The summed E-state index contributed by atoms with van der Waals surface area (Å²) in [5, 5.41) is 3.52. The molecule has 0 aromatic rings. The van der Waals surface area contributed by atoms with E-state index in [0.29, 0.717) is 6.10 Å². The normalized spacial score (nSPS) is 24.4. The summed E-state index contributed by atoms with van der Waals surface area (Å²) in [5.41, 5.74) is 0. The molecule has 1 N–H and O–H groups in total. The van der Waals surface area contributed by atoms with Gasteiger partial charge in [-0.3, -0.25) is 0 Å². The van der Waals surface area contributed by atoms with Gasteiger partial charge in [-0.25, -0.2) is 0 Å². The average Bonchev–Trinajstić information content (AvgIpc) is 2.76. The van der Waals surface area contributed by atoms with Crippen molar-refractivity contribution in [3.63, 3.8) is 0 Å². The molecular weight excluding hydrogens is 210 g/mol. The van der Waals surface area contributed by atoms with Gasteiger partial charge in [0.25, 0.3) is 0 Å². The second-order valence-electron chi connectivity index (χ2n) is 5.33. The van der Waals surface area contributed by atoms with Crippen molar-refractivity contribution in [2.75, 3.05) is 13.2 Å². The minimum absolute atomic E-state index is 0.537. The average molecular weight is 241 g/mol. The summed E-state index contributed by atoms with van der Waals surface area (Å²) in [6.45, 7) is 6.53. The monoisotopic (exact) mass is 241 g/mol. The molecule has 2 heteroatoms. The smallest absolute Gasteiger partial charge is 0.0590 e. The number of unbranched alkanes of at least 4 members (excludes halogenated alkanes) is 5. The Hall–Kier alpha value is -0.0800. The highest BCUT2D eigenvalue weighted by Gasteiger charge is 2.23. The lowest BCUT2D eigenvalue weighted by Gasteiger charge is -2.13. The Balaban J connectivity index is 1.87. The highest BCUT2D eigenvalue weighted by Crippen LogP contribution is 2.22.